The summed E-state index contributed by atoms with van der Waals surface area (Å²) in [6, 6.07) is 23.4. The summed E-state index contributed by atoms with van der Waals surface area (Å²) in [5.41, 5.74) is 2.59. The molecule has 5 aromatic rings. The van der Waals surface area contributed by atoms with Gasteiger partial charge in [-0.05, 0) is 97.0 Å². The molecule has 0 radical (unpaired) electrons. The Hall–Kier alpha value is -5.75. The summed E-state index contributed by atoms with van der Waals surface area (Å²) < 4.78 is 25.4. The van der Waals surface area contributed by atoms with E-state index in [-0.39, 0.29) is 24.4 Å². The van der Waals surface area contributed by atoms with Crippen molar-refractivity contribution in [1.82, 2.24) is 14.5 Å². The van der Waals surface area contributed by atoms with Gasteiger partial charge in [-0.2, -0.15) is 4.90 Å². The Labute approximate surface area is 289 Å². The summed E-state index contributed by atoms with van der Waals surface area (Å²) in [4.78, 5) is 49.8. The Kier molecular flexibility index (Phi) is 9.06. The zero-order chi connectivity index (χ0) is 35.8. The van der Waals surface area contributed by atoms with Gasteiger partial charge in [0, 0.05) is 28.6 Å². The zero-order valence-corrected chi connectivity index (χ0v) is 29.0. The maximum Gasteiger partial charge on any atom is 0.425 e. The van der Waals surface area contributed by atoms with Crippen LogP contribution in [-0.2, 0) is 20.8 Å². The molecule has 1 N–H and O–H groups in total. The molecule has 1 aliphatic heterocycles. The zero-order valence-electron chi connectivity index (χ0n) is 29.0. The molecule has 3 heterocycles. The molecule has 3 aromatic carbocycles. The number of benzene rings is 3. The summed E-state index contributed by atoms with van der Waals surface area (Å²) in [5.74, 6) is 0.852. The van der Waals surface area contributed by atoms with Crippen LogP contribution in [0.2, 0.25) is 0 Å². The van der Waals surface area contributed by atoms with Crippen LogP contribution in [0.25, 0.3) is 16.7 Å². The molecule has 0 fully saturated rings. The average Bonchev–Trinajstić information content (AvgIpc) is 3.58. The number of hydrogen-bond acceptors (Lipinski definition) is 9. The van der Waals surface area contributed by atoms with Crippen molar-refractivity contribution < 1.29 is 33.3 Å². The molecule has 0 saturated carbocycles. The molecule has 50 heavy (non-hydrogen) atoms. The molecular formula is C38H39N5O7. The molecule has 258 valence electrons. The molecule has 0 saturated heterocycles. The fourth-order valence-corrected chi connectivity index (χ4v) is 5.56. The Morgan fingerprint density at radius 1 is 0.840 bits per heavy atom. The van der Waals surface area contributed by atoms with E-state index >= 15 is 0 Å². The first-order chi connectivity index (χ1) is 23.7. The summed E-state index contributed by atoms with van der Waals surface area (Å²) in [6.45, 7) is 12.5. The van der Waals surface area contributed by atoms with Gasteiger partial charge in [0.15, 0.2) is 5.82 Å². The minimum Gasteiger partial charge on any atom is -0.457 e. The van der Waals surface area contributed by atoms with Crippen LogP contribution >= 0.6 is 0 Å². The molecule has 1 atom stereocenters. The van der Waals surface area contributed by atoms with E-state index in [0.29, 0.717) is 39.5 Å². The number of ether oxygens (including phenoxy) is 4. The number of hydrogen-bond donors (Lipinski definition) is 1. The van der Waals surface area contributed by atoms with Crippen LogP contribution in [0.15, 0.2) is 85.2 Å². The minimum atomic E-state index is -0.935. The van der Waals surface area contributed by atoms with Gasteiger partial charge in [-0.1, -0.05) is 24.3 Å². The van der Waals surface area contributed by atoms with Crippen molar-refractivity contribution >= 4 is 40.6 Å². The number of carbonyl (C=O) groups excluding carboxylic acids is 3. The number of nitrogens with zero attached hydrogens (tertiary/aromatic N) is 4. The number of nitrogens with one attached hydrogen (secondary N) is 1. The van der Waals surface area contributed by atoms with Gasteiger partial charge in [-0.25, -0.2) is 19.6 Å². The Morgan fingerprint density at radius 2 is 1.50 bits per heavy atom. The second-order valence-electron chi connectivity index (χ2n) is 13.8. The van der Waals surface area contributed by atoms with E-state index < -0.39 is 23.4 Å². The lowest BCUT2D eigenvalue weighted by Gasteiger charge is -2.28. The van der Waals surface area contributed by atoms with Crippen LogP contribution < -0.4 is 15.0 Å². The van der Waals surface area contributed by atoms with Crippen molar-refractivity contribution in [3.63, 3.8) is 0 Å². The van der Waals surface area contributed by atoms with Gasteiger partial charge in [0.05, 0.1) is 18.4 Å². The Balaban J connectivity index is 1.37. The molecule has 0 aliphatic carbocycles. The molecule has 2 aromatic heterocycles. The third kappa shape index (κ3) is 7.30. The van der Waals surface area contributed by atoms with Gasteiger partial charge >= 0.3 is 12.2 Å². The molecule has 0 spiro atoms. The predicted octanol–water partition coefficient (Wildman–Crippen LogP) is 8.73. The molecule has 12 nitrogen and oxygen atoms in total. The van der Waals surface area contributed by atoms with Gasteiger partial charge in [-0.3, -0.25) is 4.79 Å². The van der Waals surface area contributed by atoms with E-state index in [0.717, 1.165) is 16.2 Å². The number of rotatable bonds is 6. The van der Waals surface area contributed by atoms with Crippen molar-refractivity contribution in [3.8, 4) is 17.2 Å². The van der Waals surface area contributed by atoms with Crippen molar-refractivity contribution in [3.05, 3.63) is 102 Å². The highest BCUT2D eigenvalue weighted by atomic mass is 16.6. The standard InChI is InChI=1S/C38H39N5O7/c1-23-30-29(21-47-23)42(32-31(30)39-22-40-33(32)43(35(45)49-37(2,3)4)36(46)50-38(5,6)7)26-16-18-27(19-17-26)48-28-15-11-14-25(20-28)41-34(44)24-12-9-8-10-13-24/h8-20,22-23H,21H2,1-7H3,(H,41,44). The summed E-state index contributed by atoms with van der Waals surface area (Å²) in [6.07, 6.45) is -0.863. The lowest BCUT2D eigenvalue weighted by Crippen LogP contribution is -2.44. The molecule has 12 heteroatoms. The van der Waals surface area contributed by atoms with E-state index in [1.807, 2.05) is 41.8 Å². The van der Waals surface area contributed by atoms with E-state index in [1.165, 1.54) is 6.33 Å². The van der Waals surface area contributed by atoms with Crippen LogP contribution in [0.4, 0.5) is 21.1 Å². The smallest absolute Gasteiger partial charge is 0.425 e. The van der Waals surface area contributed by atoms with Gasteiger partial charge in [-0.15, -0.1) is 0 Å². The normalized spacial score (nSPS) is 14.2. The number of aromatic nitrogens is 3. The summed E-state index contributed by atoms with van der Waals surface area (Å²) in [7, 11) is 0. The highest BCUT2D eigenvalue weighted by Gasteiger charge is 2.38. The molecule has 1 aliphatic rings. The maximum atomic E-state index is 13.7. The minimum absolute atomic E-state index is 0.00907. The van der Waals surface area contributed by atoms with Crippen molar-refractivity contribution in [1.29, 1.82) is 0 Å². The van der Waals surface area contributed by atoms with E-state index in [4.69, 9.17) is 18.9 Å². The predicted molar refractivity (Wildman–Crippen MR) is 188 cm³/mol. The monoisotopic (exact) mass is 677 g/mol. The number of carbonyl (C=O) groups is 3. The molecular weight excluding hydrogens is 638 g/mol. The van der Waals surface area contributed by atoms with Crippen LogP contribution in [0.3, 0.4) is 0 Å². The molecule has 1 unspecified atom stereocenters. The van der Waals surface area contributed by atoms with Crippen LogP contribution in [0, 0.1) is 0 Å². The van der Waals surface area contributed by atoms with Crippen LogP contribution in [0.1, 0.15) is 76.2 Å². The highest BCUT2D eigenvalue weighted by molar-refractivity contribution is 6.13. The first-order valence-corrected chi connectivity index (χ1v) is 16.2. The van der Waals surface area contributed by atoms with Crippen LogP contribution in [0.5, 0.6) is 11.5 Å². The number of fused-ring (bicyclic) bond motifs is 3. The number of anilines is 2. The lowest BCUT2D eigenvalue weighted by molar-refractivity contribution is 0.0429. The van der Waals surface area contributed by atoms with Crippen molar-refractivity contribution in [2.45, 2.75) is 72.4 Å². The van der Waals surface area contributed by atoms with Crippen LogP contribution in [-0.4, -0.2) is 43.8 Å². The van der Waals surface area contributed by atoms with Gasteiger partial charge in [0.1, 0.15) is 40.1 Å². The molecule has 3 amide bonds. The second-order valence-corrected chi connectivity index (χ2v) is 13.8. The summed E-state index contributed by atoms with van der Waals surface area (Å²) in [5, 5.41) is 2.90. The fourth-order valence-electron chi connectivity index (χ4n) is 5.56. The largest absolute Gasteiger partial charge is 0.457 e. The van der Waals surface area contributed by atoms with Crippen molar-refractivity contribution in [2.24, 2.45) is 0 Å². The maximum absolute atomic E-state index is 13.7. The highest BCUT2D eigenvalue weighted by Crippen LogP contribution is 2.42. The quantitative estimate of drug-likeness (QED) is 0.187. The fraction of sp³-hybridized carbons (Fsp3) is 0.289. The topological polar surface area (TPSA) is 134 Å². The SMILES string of the molecule is CC1OCc2c1c1ncnc(N(C(=O)OC(C)(C)C)C(=O)OC(C)(C)C)c1n2-c1ccc(Oc2cccc(NC(=O)c3ccccc3)c2)cc1. The number of imide groups is 1. The first-order valence-electron chi connectivity index (χ1n) is 16.2. The van der Waals surface area contributed by atoms with Gasteiger partial charge in [0.2, 0.25) is 0 Å². The molecule has 6 rings (SSSR count). The molecule has 0 bridgehead atoms. The average molecular weight is 678 g/mol. The van der Waals surface area contributed by atoms with Gasteiger partial charge < -0.3 is 28.8 Å². The van der Waals surface area contributed by atoms with E-state index in [1.54, 1.807) is 90.1 Å². The first kappa shape index (κ1) is 34.1. The van der Waals surface area contributed by atoms with E-state index in [2.05, 4.69) is 15.3 Å². The van der Waals surface area contributed by atoms with E-state index in [9.17, 15) is 14.4 Å². The Bertz CT molecular complexity index is 2030. The third-order valence-corrected chi connectivity index (χ3v) is 7.56. The third-order valence-electron chi connectivity index (χ3n) is 7.56. The van der Waals surface area contributed by atoms with Crippen molar-refractivity contribution in [2.75, 3.05) is 10.2 Å². The Morgan fingerprint density at radius 3 is 2.14 bits per heavy atom. The number of amides is 3. The summed E-state index contributed by atoms with van der Waals surface area (Å²) >= 11 is 0. The lowest BCUT2D eigenvalue weighted by atomic mass is 10.1. The second kappa shape index (κ2) is 13.3. The van der Waals surface area contributed by atoms with Gasteiger partial charge in [0.25, 0.3) is 5.91 Å².